The molecule has 1 aliphatic carbocycles. The topological polar surface area (TPSA) is 16.4 Å². The lowest BCUT2D eigenvalue weighted by atomic mass is 9.82. The molecule has 1 aromatic heterocycles. The van der Waals surface area contributed by atoms with Crippen LogP contribution in [0.2, 0.25) is 0 Å². The van der Waals surface area contributed by atoms with E-state index in [0.717, 1.165) is 39.0 Å². The number of hydrogen-bond acceptors (Lipinski definition) is 2. The third-order valence-electron chi connectivity index (χ3n) is 11.6. The number of benzene rings is 9. The number of para-hydroxylation sites is 1. The van der Waals surface area contributed by atoms with E-state index in [1.54, 1.807) is 0 Å². The largest absolute Gasteiger partial charge is 0.456 e. The highest BCUT2D eigenvalue weighted by Gasteiger charge is 2.35. The quantitative estimate of drug-likeness (QED) is 0.172. The van der Waals surface area contributed by atoms with Crippen molar-refractivity contribution in [2.45, 2.75) is 19.3 Å². The third-order valence-corrected chi connectivity index (χ3v) is 11.6. The van der Waals surface area contributed by atoms with Crippen LogP contribution in [0, 0.1) is 0 Å². The van der Waals surface area contributed by atoms with Gasteiger partial charge in [-0.1, -0.05) is 141 Å². The molecule has 0 radical (unpaired) electrons. The molecule has 0 aliphatic heterocycles. The molecule has 53 heavy (non-hydrogen) atoms. The zero-order valence-corrected chi connectivity index (χ0v) is 29.6. The van der Waals surface area contributed by atoms with Crippen molar-refractivity contribution in [3.63, 3.8) is 0 Å². The van der Waals surface area contributed by atoms with Gasteiger partial charge in [-0.25, -0.2) is 0 Å². The Morgan fingerprint density at radius 3 is 1.92 bits per heavy atom. The second-order valence-corrected chi connectivity index (χ2v) is 14.9. The van der Waals surface area contributed by atoms with Crippen molar-refractivity contribution >= 4 is 71.3 Å². The van der Waals surface area contributed by atoms with Gasteiger partial charge in [0.05, 0.1) is 0 Å². The van der Waals surface area contributed by atoms with E-state index in [1.807, 2.05) is 12.1 Å². The average molecular weight is 678 g/mol. The van der Waals surface area contributed by atoms with Crippen molar-refractivity contribution in [1.29, 1.82) is 0 Å². The summed E-state index contributed by atoms with van der Waals surface area (Å²) in [6, 6.07) is 64.3. The molecule has 1 aliphatic rings. The van der Waals surface area contributed by atoms with Gasteiger partial charge in [0.15, 0.2) is 0 Å². The van der Waals surface area contributed by atoms with Gasteiger partial charge in [0.1, 0.15) is 11.2 Å². The summed E-state index contributed by atoms with van der Waals surface area (Å²) in [5.74, 6) is 0. The van der Waals surface area contributed by atoms with Crippen molar-refractivity contribution < 1.29 is 4.42 Å². The van der Waals surface area contributed by atoms with Crippen molar-refractivity contribution in [3.8, 4) is 22.3 Å². The van der Waals surface area contributed by atoms with Crippen LogP contribution in [0.15, 0.2) is 180 Å². The van der Waals surface area contributed by atoms with Crippen LogP contribution in [-0.4, -0.2) is 0 Å². The lowest BCUT2D eigenvalue weighted by Gasteiger charge is -2.28. The Labute approximate surface area is 308 Å². The van der Waals surface area contributed by atoms with Crippen LogP contribution in [0.25, 0.3) is 76.5 Å². The normalized spacial score (nSPS) is 13.2. The van der Waals surface area contributed by atoms with Crippen LogP contribution in [0.4, 0.5) is 17.1 Å². The SMILES string of the molecule is CC1(C)c2ccccc2-c2ccc(N(c3ccc(-c4cccc5ccc6c7ccccc7ccc6c45)cc3)c3ccc4c(c3)oc3ccccc34)cc21. The molecule has 0 atom stereocenters. The molecule has 9 aromatic carbocycles. The Morgan fingerprint density at radius 2 is 1.02 bits per heavy atom. The molecule has 250 valence electrons. The van der Waals surface area contributed by atoms with Crippen LogP contribution in [0.1, 0.15) is 25.0 Å². The maximum atomic E-state index is 6.42. The van der Waals surface area contributed by atoms with E-state index in [2.05, 4.69) is 183 Å². The molecule has 11 rings (SSSR count). The highest BCUT2D eigenvalue weighted by atomic mass is 16.3. The molecule has 2 nitrogen and oxygen atoms in total. The zero-order valence-electron chi connectivity index (χ0n) is 29.6. The molecule has 0 N–H and O–H groups in total. The summed E-state index contributed by atoms with van der Waals surface area (Å²) in [5, 5.41) is 9.92. The van der Waals surface area contributed by atoms with Gasteiger partial charge in [0.2, 0.25) is 0 Å². The highest BCUT2D eigenvalue weighted by Crippen LogP contribution is 2.51. The smallest absolute Gasteiger partial charge is 0.137 e. The lowest BCUT2D eigenvalue weighted by molar-refractivity contribution is 0.660. The molecule has 0 saturated heterocycles. The van der Waals surface area contributed by atoms with E-state index in [4.69, 9.17) is 4.42 Å². The molecule has 0 bridgehead atoms. The molecule has 2 heteroatoms. The first-order valence-electron chi connectivity index (χ1n) is 18.4. The summed E-state index contributed by atoms with van der Waals surface area (Å²) in [4.78, 5) is 2.38. The predicted octanol–water partition coefficient (Wildman–Crippen LogP) is 14.5. The number of rotatable bonds is 4. The summed E-state index contributed by atoms with van der Waals surface area (Å²) in [6.45, 7) is 4.69. The molecule has 0 unspecified atom stereocenters. The van der Waals surface area contributed by atoms with Gasteiger partial charge in [-0.3, -0.25) is 0 Å². The lowest BCUT2D eigenvalue weighted by Crippen LogP contribution is -2.16. The third kappa shape index (κ3) is 4.45. The van der Waals surface area contributed by atoms with E-state index in [0.29, 0.717) is 0 Å². The number of fused-ring (bicyclic) bond motifs is 11. The van der Waals surface area contributed by atoms with Crippen molar-refractivity contribution in [2.75, 3.05) is 4.90 Å². The maximum Gasteiger partial charge on any atom is 0.137 e. The van der Waals surface area contributed by atoms with Crippen LogP contribution in [0.5, 0.6) is 0 Å². The van der Waals surface area contributed by atoms with Crippen molar-refractivity contribution in [2.24, 2.45) is 0 Å². The zero-order chi connectivity index (χ0) is 35.3. The molecule has 0 saturated carbocycles. The second-order valence-electron chi connectivity index (χ2n) is 14.9. The van der Waals surface area contributed by atoms with Gasteiger partial charge < -0.3 is 9.32 Å². The predicted molar refractivity (Wildman–Crippen MR) is 224 cm³/mol. The molecular weight excluding hydrogens is 643 g/mol. The second kappa shape index (κ2) is 11.2. The summed E-state index contributed by atoms with van der Waals surface area (Å²) < 4.78 is 6.42. The summed E-state index contributed by atoms with van der Waals surface area (Å²) >= 11 is 0. The Hall–Kier alpha value is -6.64. The number of nitrogens with zero attached hydrogens (tertiary/aromatic N) is 1. The van der Waals surface area contributed by atoms with E-state index < -0.39 is 0 Å². The van der Waals surface area contributed by atoms with Crippen molar-refractivity contribution in [1.82, 2.24) is 0 Å². The first kappa shape index (κ1) is 30.0. The van der Waals surface area contributed by atoms with E-state index >= 15 is 0 Å². The van der Waals surface area contributed by atoms with Gasteiger partial charge in [0, 0.05) is 39.3 Å². The Kier molecular flexibility index (Phi) is 6.33. The molecule has 1 heterocycles. The summed E-state index contributed by atoms with van der Waals surface area (Å²) in [5.41, 5.74) is 12.7. The average Bonchev–Trinajstić information content (AvgIpc) is 3.69. The fourth-order valence-electron chi connectivity index (χ4n) is 9.04. The number of furan rings is 1. The highest BCUT2D eigenvalue weighted by molar-refractivity contribution is 6.21. The fraction of sp³-hybridized carbons (Fsp3) is 0.0588. The Morgan fingerprint density at radius 1 is 0.396 bits per heavy atom. The maximum absolute atomic E-state index is 6.42. The van der Waals surface area contributed by atoms with Gasteiger partial charge >= 0.3 is 0 Å². The summed E-state index contributed by atoms with van der Waals surface area (Å²) in [6.07, 6.45) is 0. The van der Waals surface area contributed by atoms with E-state index in [1.165, 1.54) is 65.7 Å². The Bertz CT molecular complexity index is 3090. The summed E-state index contributed by atoms with van der Waals surface area (Å²) in [7, 11) is 0. The van der Waals surface area contributed by atoms with Gasteiger partial charge in [0.25, 0.3) is 0 Å². The minimum absolute atomic E-state index is 0.109. The first-order valence-corrected chi connectivity index (χ1v) is 18.4. The molecular formula is C51H35NO. The minimum atomic E-state index is -0.109. The number of anilines is 3. The first-order chi connectivity index (χ1) is 26.0. The van der Waals surface area contributed by atoms with Gasteiger partial charge in [-0.2, -0.15) is 0 Å². The fourth-order valence-corrected chi connectivity index (χ4v) is 9.04. The van der Waals surface area contributed by atoms with Gasteiger partial charge in [-0.05, 0) is 108 Å². The minimum Gasteiger partial charge on any atom is -0.456 e. The molecule has 0 fully saturated rings. The van der Waals surface area contributed by atoms with Crippen LogP contribution in [0.3, 0.4) is 0 Å². The van der Waals surface area contributed by atoms with Gasteiger partial charge in [-0.15, -0.1) is 0 Å². The van der Waals surface area contributed by atoms with E-state index in [9.17, 15) is 0 Å². The molecule has 0 amide bonds. The monoisotopic (exact) mass is 677 g/mol. The molecule has 0 spiro atoms. The van der Waals surface area contributed by atoms with Crippen LogP contribution in [-0.2, 0) is 5.41 Å². The van der Waals surface area contributed by atoms with Crippen LogP contribution >= 0.6 is 0 Å². The van der Waals surface area contributed by atoms with Crippen LogP contribution < -0.4 is 4.90 Å². The van der Waals surface area contributed by atoms with E-state index in [-0.39, 0.29) is 5.41 Å². The van der Waals surface area contributed by atoms with Crippen molar-refractivity contribution in [3.05, 3.63) is 187 Å². The standard InChI is InChI=1S/C51H35NO/c1-51(2)46-16-7-5-13-41(46)42-28-24-36(30-47(42)51)52(37-25-29-44-43-14-6-8-17-48(43)53-49(44)31-37)35-22-18-33(19-23-35)39-15-9-11-34-21-26-40-38-12-4-3-10-32(38)20-27-45(40)50(34)39/h3-31H,1-2H3. The number of hydrogen-bond donors (Lipinski definition) is 0. The molecule has 10 aromatic rings. The Balaban J connectivity index is 1.08.